The lowest BCUT2D eigenvalue weighted by Crippen LogP contribution is -2.24. The van der Waals surface area contributed by atoms with Gasteiger partial charge in [-0.05, 0) is 25.5 Å². The number of rotatable bonds is 7. The molecule has 0 fully saturated rings. The summed E-state index contributed by atoms with van der Waals surface area (Å²) in [7, 11) is 0. The molecule has 2 aromatic rings. The van der Waals surface area contributed by atoms with Crippen LogP contribution >= 0.6 is 11.3 Å². The van der Waals surface area contributed by atoms with Gasteiger partial charge in [0.1, 0.15) is 0 Å². The molecule has 0 atom stereocenters. The summed E-state index contributed by atoms with van der Waals surface area (Å²) in [5.41, 5.74) is -0.0527. The van der Waals surface area contributed by atoms with Gasteiger partial charge in [0.05, 0.1) is 21.3 Å². The number of thiophene rings is 1. The Labute approximate surface area is 136 Å². The first-order valence-corrected chi connectivity index (χ1v) is 7.71. The van der Waals surface area contributed by atoms with E-state index >= 15 is 0 Å². The smallest absolute Gasteiger partial charge is 0.283 e. The molecule has 0 aliphatic carbocycles. The summed E-state index contributed by atoms with van der Waals surface area (Å²) in [6.45, 7) is 2.19. The van der Waals surface area contributed by atoms with Crippen LogP contribution in [0.4, 0.5) is 10.1 Å². The highest BCUT2D eigenvalue weighted by molar-refractivity contribution is 7.14. The lowest BCUT2D eigenvalue weighted by atomic mass is 10.3. The van der Waals surface area contributed by atoms with Crippen molar-refractivity contribution in [2.24, 2.45) is 0 Å². The van der Waals surface area contributed by atoms with E-state index in [1.54, 1.807) is 19.1 Å². The second-order valence-electron chi connectivity index (χ2n) is 4.70. The number of carbonyl (C=O) groups is 1. The zero-order valence-electron chi connectivity index (χ0n) is 12.4. The fourth-order valence-electron chi connectivity index (χ4n) is 1.87. The predicted molar refractivity (Wildman–Crippen MR) is 84.6 cm³/mol. The number of hydrogen-bond acceptors (Lipinski definition) is 5. The van der Waals surface area contributed by atoms with Gasteiger partial charge in [-0.25, -0.2) is 4.39 Å². The average Bonchev–Trinajstić information content (AvgIpc) is 2.91. The number of aryl methyl sites for hydroxylation is 1. The molecule has 2 rings (SSSR count). The summed E-state index contributed by atoms with van der Waals surface area (Å²) in [5.74, 6) is -0.627. The number of ether oxygens (including phenoxy) is 1. The van der Waals surface area contributed by atoms with Crippen LogP contribution in [-0.2, 0) is 0 Å². The molecular weight excluding hydrogens is 323 g/mol. The molecule has 0 aliphatic rings. The molecular formula is C15H15FN2O4S. The second-order valence-corrected chi connectivity index (χ2v) is 5.95. The van der Waals surface area contributed by atoms with Crippen molar-refractivity contribution in [2.75, 3.05) is 13.2 Å². The quantitative estimate of drug-likeness (QED) is 0.477. The Morgan fingerprint density at radius 1 is 1.43 bits per heavy atom. The largest absolute Gasteiger partial charge is 0.490 e. The Morgan fingerprint density at radius 3 is 2.83 bits per heavy atom. The Balaban J connectivity index is 1.76. The van der Waals surface area contributed by atoms with Crippen molar-refractivity contribution < 1.29 is 18.8 Å². The van der Waals surface area contributed by atoms with E-state index < -0.39 is 10.7 Å². The Hall–Kier alpha value is -2.48. The number of para-hydroxylation sites is 1. The monoisotopic (exact) mass is 338 g/mol. The zero-order chi connectivity index (χ0) is 16.8. The highest BCUT2D eigenvalue weighted by Crippen LogP contribution is 2.27. The Bertz CT molecular complexity index is 717. The van der Waals surface area contributed by atoms with Crippen molar-refractivity contribution in [3.8, 4) is 5.75 Å². The third-order valence-corrected chi connectivity index (χ3v) is 4.05. The van der Waals surface area contributed by atoms with Crippen molar-refractivity contribution in [2.45, 2.75) is 13.3 Å². The summed E-state index contributed by atoms with van der Waals surface area (Å²) in [4.78, 5) is 22.9. The van der Waals surface area contributed by atoms with Gasteiger partial charge in [0, 0.05) is 12.6 Å². The highest BCUT2D eigenvalue weighted by Gasteiger charge is 2.19. The minimum absolute atomic E-state index is 0.0527. The number of amides is 1. The predicted octanol–water partition coefficient (Wildman–Crippen LogP) is 3.30. The summed E-state index contributed by atoms with van der Waals surface area (Å²) >= 11 is 1.08. The molecule has 0 saturated carbocycles. The van der Waals surface area contributed by atoms with Crippen LogP contribution in [-0.4, -0.2) is 24.0 Å². The maximum Gasteiger partial charge on any atom is 0.283 e. The molecule has 23 heavy (non-hydrogen) atoms. The number of halogens is 1. The molecule has 0 unspecified atom stereocenters. The average molecular weight is 338 g/mol. The number of nitro groups is 1. The fourth-order valence-corrected chi connectivity index (χ4v) is 2.77. The van der Waals surface area contributed by atoms with Crippen molar-refractivity contribution in [3.63, 3.8) is 0 Å². The van der Waals surface area contributed by atoms with Gasteiger partial charge in [-0.15, -0.1) is 11.3 Å². The van der Waals surface area contributed by atoms with Crippen LogP contribution in [0.1, 0.15) is 21.0 Å². The van der Waals surface area contributed by atoms with E-state index in [2.05, 4.69) is 5.32 Å². The molecule has 1 aromatic heterocycles. The van der Waals surface area contributed by atoms with Gasteiger partial charge >= 0.3 is 0 Å². The van der Waals surface area contributed by atoms with E-state index in [0.717, 1.165) is 11.3 Å². The molecule has 0 aliphatic heterocycles. The summed E-state index contributed by atoms with van der Waals surface area (Å²) in [5, 5.41) is 13.4. The number of benzene rings is 1. The van der Waals surface area contributed by atoms with E-state index in [4.69, 9.17) is 4.74 Å². The van der Waals surface area contributed by atoms with E-state index in [-0.39, 0.29) is 24.0 Å². The molecule has 1 aromatic carbocycles. The van der Waals surface area contributed by atoms with E-state index in [1.807, 2.05) is 0 Å². The fraction of sp³-hybridized carbons (Fsp3) is 0.267. The number of nitrogens with one attached hydrogen (secondary N) is 1. The van der Waals surface area contributed by atoms with E-state index in [0.29, 0.717) is 22.7 Å². The highest BCUT2D eigenvalue weighted by atomic mass is 32.1. The third-order valence-electron chi connectivity index (χ3n) is 3.01. The summed E-state index contributed by atoms with van der Waals surface area (Å²) in [6.07, 6.45) is 0.493. The second kappa shape index (κ2) is 7.68. The van der Waals surface area contributed by atoms with Crippen molar-refractivity contribution >= 4 is 22.9 Å². The molecule has 0 spiro atoms. The minimum atomic E-state index is -0.509. The van der Waals surface area contributed by atoms with Crippen molar-refractivity contribution in [1.29, 1.82) is 0 Å². The number of hydrogen-bond donors (Lipinski definition) is 1. The van der Waals surface area contributed by atoms with Crippen molar-refractivity contribution in [3.05, 3.63) is 56.0 Å². The standard InChI is InChI=1S/C15H15FN2O4S/c1-10-12(18(20)21)9-14(23-10)15(19)17-7-4-8-22-13-6-3-2-5-11(13)16/h2-3,5-6,9H,4,7-8H2,1H3,(H,17,19). The normalized spacial score (nSPS) is 10.3. The molecule has 6 nitrogen and oxygen atoms in total. The first-order chi connectivity index (χ1) is 11.0. The maximum atomic E-state index is 13.3. The van der Waals surface area contributed by atoms with Crippen LogP contribution in [0.2, 0.25) is 0 Å². The number of carbonyl (C=O) groups excluding carboxylic acids is 1. The summed E-state index contributed by atoms with van der Waals surface area (Å²) < 4.78 is 18.6. The molecule has 0 bridgehead atoms. The van der Waals surface area contributed by atoms with E-state index in [9.17, 15) is 19.3 Å². The van der Waals surface area contributed by atoms with E-state index in [1.165, 1.54) is 18.2 Å². The zero-order valence-corrected chi connectivity index (χ0v) is 13.2. The van der Waals surface area contributed by atoms with Crippen LogP contribution in [0, 0.1) is 22.9 Å². The molecule has 8 heteroatoms. The van der Waals surface area contributed by atoms with Crippen LogP contribution in [0.5, 0.6) is 5.75 Å². The first-order valence-electron chi connectivity index (χ1n) is 6.89. The topological polar surface area (TPSA) is 81.5 Å². The van der Waals surface area contributed by atoms with Gasteiger partial charge < -0.3 is 10.1 Å². The van der Waals surface area contributed by atoms with Gasteiger partial charge in [-0.2, -0.15) is 0 Å². The van der Waals surface area contributed by atoms with Gasteiger partial charge in [-0.3, -0.25) is 14.9 Å². The molecule has 122 valence electrons. The summed E-state index contributed by atoms with van der Waals surface area (Å²) in [6, 6.07) is 7.35. The molecule has 0 radical (unpaired) electrons. The Kier molecular flexibility index (Phi) is 5.64. The lowest BCUT2D eigenvalue weighted by Gasteiger charge is -2.07. The van der Waals surface area contributed by atoms with Crippen LogP contribution in [0.15, 0.2) is 30.3 Å². The first kappa shape index (κ1) is 16.9. The molecule has 1 heterocycles. The number of nitrogens with zero attached hydrogens (tertiary/aromatic N) is 1. The van der Waals surface area contributed by atoms with Gasteiger partial charge in [-0.1, -0.05) is 12.1 Å². The minimum Gasteiger partial charge on any atom is -0.490 e. The van der Waals surface area contributed by atoms with Crippen LogP contribution < -0.4 is 10.1 Å². The van der Waals surface area contributed by atoms with Crippen LogP contribution in [0.3, 0.4) is 0 Å². The third kappa shape index (κ3) is 4.49. The molecule has 1 amide bonds. The van der Waals surface area contributed by atoms with Gasteiger partial charge in [0.25, 0.3) is 11.6 Å². The SMILES string of the molecule is Cc1sc(C(=O)NCCCOc2ccccc2F)cc1[N+](=O)[O-]. The Morgan fingerprint density at radius 2 is 2.17 bits per heavy atom. The molecule has 0 saturated heterocycles. The lowest BCUT2D eigenvalue weighted by molar-refractivity contribution is -0.385. The van der Waals surface area contributed by atoms with Crippen molar-refractivity contribution in [1.82, 2.24) is 5.32 Å². The van der Waals surface area contributed by atoms with Gasteiger partial charge in [0.2, 0.25) is 0 Å². The molecule has 1 N–H and O–H groups in total. The van der Waals surface area contributed by atoms with Crippen LogP contribution in [0.25, 0.3) is 0 Å². The van der Waals surface area contributed by atoms with Gasteiger partial charge in [0.15, 0.2) is 11.6 Å². The maximum absolute atomic E-state index is 13.3.